The highest BCUT2D eigenvalue weighted by Gasteiger charge is 2.37. The van der Waals surface area contributed by atoms with Crippen molar-refractivity contribution in [2.45, 2.75) is 33.1 Å². The Morgan fingerprint density at radius 1 is 1.15 bits per heavy atom. The van der Waals surface area contributed by atoms with Crippen molar-refractivity contribution < 1.29 is 19.1 Å². The van der Waals surface area contributed by atoms with Crippen LogP contribution in [0.5, 0.6) is 11.5 Å². The number of amides is 1. The summed E-state index contributed by atoms with van der Waals surface area (Å²) in [5.41, 5.74) is 2.69. The smallest absolute Gasteiger partial charge is 0.316 e. The number of aryl methyl sites for hydroxylation is 1. The Hall–Kier alpha value is -2.82. The van der Waals surface area contributed by atoms with Crippen molar-refractivity contribution in [1.82, 2.24) is 0 Å². The van der Waals surface area contributed by atoms with E-state index in [1.165, 1.54) is 0 Å². The van der Waals surface area contributed by atoms with E-state index in [9.17, 15) is 9.59 Å². The van der Waals surface area contributed by atoms with Crippen molar-refractivity contribution in [3.63, 3.8) is 0 Å². The van der Waals surface area contributed by atoms with Gasteiger partial charge in [-0.1, -0.05) is 38.1 Å². The van der Waals surface area contributed by atoms with Gasteiger partial charge >= 0.3 is 5.97 Å². The summed E-state index contributed by atoms with van der Waals surface area (Å²) < 4.78 is 11.1. The van der Waals surface area contributed by atoms with Gasteiger partial charge in [0.15, 0.2) is 0 Å². The van der Waals surface area contributed by atoms with Crippen LogP contribution in [0.1, 0.15) is 37.3 Å². The molecule has 2 aromatic rings. The van der Waals surface area contributed by atoms with Gasteiger partial charge in [-0.15, -0.1) is 0 Å². The van der Waals surface area contributed by atoms with Crippen molar-refractivity contribution in [2.24, 2.45) is 5.92 Å². The van der Waals surface area contributed by atoms with Crippen LogP contribution >= 0.6 is 0 Å². The van der Waals surface area contributed by atoms with Gasteiger partial charge in [-0.05, 0) is 42.2 Å². The summed E-state index contributed by atoms with van der Waals surface area (Å²) >= 11 is 0. The summed E-state index contributed by atoms with van der Waals surface area (Å²) in [5.74, 6) is 0.466. The minimum Gasteiger partial charge on any atom is -0.495 e. The van der Waals surface area contributed by atoms with E-state index in [2.05, 4.69) is 13.8 Å². The highest BCUT2D eigenvalue weighted by atomic mass is 16.5. The van der Waals surface area contributed by atoms with Gasteiger partial charge in [-0.2, -0.15) is 0 Å². The molecule has 1 saturated heterocycles. The third-order valence-corrected chi connectivity index (χ3v) is 4.84. The Morgan fingerprint density at radius 2 is 1.89 bits per heavy atom. The molecule has 1 aliphatic rings. The van der Waals surface area contributed by atoms with Crippen LogP contribution in [0, 0.1) is 12.8 Å². The molecule has 27 heavy (non-hydrogen) atoms. The maximum atomic E-state index is 12.7. The average molecular weight is 367 g/mol. The van der Waals surface area contributed by atoms with E-state index in [4.69, 9.17) is 9.47 Å². The van der Waals surface area contributed by atoms with Gasteiger partial charge in [0.1, 0.15) is 11.5 Å². The van der Waals surface area contributed by atoms with Gasteiger partial charge in [-0.3, -0.25) is 9.59 Å². The molecule has 1 amide bonds. The molecule has 1 atom stereocenters. The average Bonchev–Trinajstić information content (AvgIpc) is 3.03. The van der Waals surface area contributed by atoms with E-state index in [0.717, 1.165) is 11.1 Å². The molecule has 1 fully saturated rings. The third-order valence-electron chi connectivity index (χ3n) is 4.84. The number of para-hydroxylation sites is 2. The second-order valence-corrected chi connectivity index (χ2v) is 7.19. The van der Waals surface area contributed by atoms with Crippen LogP contribution in [0.3, 0.4) is 0 Å². The second-order valence-electron chi connectivity index (χ2n) is 7.19. The van der Waals surface area contributed by atoms with E-state index in [0.29, 0.717) is 23.7 Å². The van der Waals surface area contributed by atoms with Crippen LogP contribution < -0.4 is 14.4 Å². The highest BCUT2D eigenvalue weighted by Crippen LogP contribution is 2.34. The zero-order valence-electron chi connectivity index (χ0n) is 16.2. The molecule has 142 valence electrons. The number of nitrogens with zero attached hydrogens (tertiary/aromatic N) is 1. The summed E-state index contributed by atoms with van der Waals surface area (Å²) in [5, 5.41) is 0. The third kappa shape index (κ3) is 3.97. The van der Waals surface area contributed by atoms with Crippen LogP contribution in [0.15, 0.2) is 42.5 Å². The highest BCUT2D eigenvalue weighted by molar-refractivity contribution is 6.00. The summed E-state index contributed by atoms with van der Waals surface area (Å²) in [6.07, 6.45) is 0.139. The Labute approximate surface area is 159 Å². The SMILES string of the molecule is COc1ccccc1N1C[C@H](C(=O)Oc2cc(C)ccc2C(C)C)CC1=O. The second kappa shape index (κ2) is 7.82. The first-order valence-corrected chi connectivity index (χ1v) is 9.16. The summed E-state index contributed by atoms with van der Waals surface area (Å²) in [4.78, 5) is 26.8. The molecule has 0 aliphatic carbocycles. The first kappa shape index (κ1) is 19.0. The number of hydrogen-bond acceptors (Lipinski definition) is 4. The number of rotatable bonds is 5. The minimum atomic E-state index is -0.497. The zero-order chi connectivity index (χ0) is 19.6. The van der Waals surface area contributed by atoms with Gasteiger partial charge in [-0.25, -0.2) is 0 Å². The molecule has 5 nitrogen and oxygen atoms in total. The van der Waals surface area contributed by atoms with Gasteiger partial charge in [0.05, 0.1) is 18.7 Å². The number of ether oxygens (including phenoxy) is 2. The van der Waals surface area contributed by atoms with Crippen LogP contribution in [0.2, 0.25) is 0 Å². The molecule has 0 saturated carbocycles. The van der Waals surface area contributed by atoms with Gasteiger partial charge in [0.2, 0.25) is 5.91 Å². The number of anilines is 1. The number of esters is 1. The molecule has 1 heterocycles. The van der Waals surface area contributed by atoms with Gasteiger partial charge in [0, 0.05) is 13.0 Å². The largest absolute Gasteiger partial charge is 0.495 e. The van der Waals surface area contributed by atoms with E-state index in [-0.39, 0.29) is 24.2 Å². The Kier molecular flexibility index (Phi) is 5.49. The Bertz CT molecular complexity index is 859. The molecule has 0 bridgehead atoms. The lowest BCUT2D eigenvalue weighted by Crippen LogP contribution is -2.27. The van der Waals surface area contributed by atoms with E-state index in [1.807, 2.05) is 43.3 Å². The van der Waals surface area contributed by atoms with Crippen LogP contribution in [-0.4, -0.2) is 25.5 Å². The van der Waals surface area contributed by atoms with E-state index < -0.39 is 5.92 Å². The predicted molar refractivity (Wildman–Crippen MR) is 104 cm³/mol. The fourth-order valence-electron chi connectivity index (χ4n) is 3.35. The molecular formula is C22H25NO4. The molecule has 0 unspecified atom stereocenters. The molecule has 0 radical (unpaired) electrons. The van der Waals surface area contributed by atoms with Crippen molar-refractivity contribution in [3.8, 4) is 11.5 Å². The van der Waals surface area contributed by atoms with Crippen molar-refractivity contribution in [2.75, 3.05) is 18.6 Å². The topological polar surface area (TPSA) is 55.8 Å². The maximum absolute atomic E-state index is 12.7. The number of hydrogen-bond donors (Lipinski definition) is 0. The lowest BCUT2D eigenvalue weighted by atomic mass is 10.0. The first-order chi connectivity index (χ1) is 12.9. The van der Waals surface area contributed by atoms with Gasteiger partial charge < -0.3 is 14.4 Å². The lowest BCUT2D eigenvalue weighted by molar-refractivity contribution is -0.139. The molecule has 1 aliphatic heterocycles. The van der Waals surface area contributed by atoms with Crippen molar-refractivity contribution in [1.29, 1.82) is 0 Å². The molecule has 0 spiro atoms. The Morgan fingerprint density at radius 3 is 2.59 bits per heavy atom. The number of carbonyl (C=O) groups is 2. The summed E-state index contributed by atoms with van der Waals surface area (Å²) in [7, 11) is 1.57. The molecule has 0 N–H and O–H groups in total. The summed E-state index contributed by atoms with van der Waals surface area (Å²) in [6, 6.07) is 13.2. The number of benzene rings is 2. The predicted octanol–water partition coefficient (Wildman–Crippen LogP) is 4.09. The number of carbonyl (C=O) groups excluding carboxylic acids is 2. The molecule has 2 aromatic carbocycles. The van der Waals surface area contributed by atoms with Crippen LogP contribution in [-0.2, 0) is 9.59 Å². The standard InChI is InChI=1S/C22H25NO4/c1-14(2)17-10-9-15(3)11-20(17)27-22(25)16-12-21(24)23(13-16)18-7-5-6-8-19(18)26-4/h5-11,14,16H,12-13H2,1-4H3/t16-/m1/s1. The maximum Gasteiger partial charge on any atom is 0.316 e. The molecular weight excluding hydrogens is 342 g/mol. The molecule has 3 rings (SSSR count). The summed E-state index contributed by atoms with van der Waals surface area (Å²) in [6.45, 7) is 6.37. The van der Waals surface area contributed by atoms with Crippen LogP contribution in [0.25, 0.3) is 0 Å². The fraction of sp³-hybridized carbons (Fsp3) is 0.364. The van der Waals surface area contributed by atoms with Crippen molar-refractivity contribution in [3.05, 3.63) is 53.6 Å². The molecule has 0 aromatic heterocycles. The zero-order valence-corrected chi connectivity index (χ0v) is 16.2. The number of methoxy groups -OCH3 is 1. The normalized spacial score (nSPS) is 16.7. The van der Waals surface area contributed by atoms with Crippen molar-refractivity contribution >= 4 is 17.6 Å². The Balaban J connectivity index is 1.78. The fourth-order valence-corrected chi connectivity index (χ4v) is 3.35. The lowest BCUT2D eigenvalue weighted by Gasteiger charge is -2.19. The monoisotopic (exact) mass is 367 g/mol. The van der Waals surface area contributed by atoms with Crippen LogP contribution in [0.4, 0.5) is 5.69 Å². The molecule has 5 heteroatoms. The van der Waals surface area contributed by atoms with E-state index >= 15 is 0 Å². The quantitative estimate of drug-likeness (QED) is 0.590. The van der Waals surface area contributed by atoms with Gasteiger partial charge in [0.25, 0.3) is 0 Å². The van der Waals surface area contributed by atoms with E-state index in [1.54, 1.807) is 18.1 Å². The minimum absolute atomic E-state index is 0.102. The first-order valence-electron chi connectivity index (χ1n) is 9.16.